The molecule has 0 aliphatic carbocycles. The first-order valence-corrected chi connectivity index (χ1v) is 12.2. The molecule has 182 valence electrons. The maximum Gasteiger partial charge on any atom is 0.147 e. The summed E-state index contributed by atoms with van der Waals surface area (Å²) in [7, 11) is 1.66. The molecule has 0 saturated heterocycles. The molecule has 1 N–H and O–H groups in total. The summed E-state index contributed by atoms with van der Waals surface area (Å²) in [6.45, 7) is 13.2. The van der Waals surface area contributed by atoms with Gasteiger partial charge < -0.3 is 10.1 Å². The first-order valence-electron chi connectivity index (χ1n) is 12.2. The van der Waals surface area contributed by atoms with Gasteiger partial charge >= 0.3 is 0 Å². The Balaban J connectivity index is 0.00000199. The van der Waals surface area contributed by atoms with Gasteiger partial charge in [0.15, 0.2) is 0 Å². The normalized spacial score (nSPS) is 12.1. The number of hydrogen-bond acceptors (Lipinski definition) is 5. The first kappa shape index (κ1) is 26.8. The number of nitrogens with one attached hydrogen (secondary N) is 1. The molecular weight excluding hydrogens is 422 g/mol. The van der Waals surface area contributed by atoms with Crippen molar-refractivity contribution in [2.24, 2.45) is 0 Å². The molecule has 0 aliphatic heterocycles. The zero-order valence-corrected chi connectivity index (χ0v) is 21.7. The molecule has 34 heavy (non-hydrogen) atoms. The fourth-order valence-electron chi connectivity index (χ4n) is 3.43. The minimum Gasteiger partial charge on any atom is -0.494 e. The molecule has 0 amide bonds. The lowest BCUT2D eigenvalue weighted by molar-refractivity contribution is 0.418. The second kappa shape index (κ2) is 14.0. The summed E-state index contributed by atoms with van der Waals surface area (Å²) >= 11 is 0. The molecule has 0 spiro atoms. The Kier molecular flexibility index (Phi) is 11.0. The lowest BCUT2D eigenvalue weighted by Crippen LogP contribution is -2.07. The summed E-state index contributed by atoms with van der Waals surface area (Å²) in [6.07, 6.45) is 17.5. The average molecular weight is 462 g/mol. The quantitative estimate of drug-likeness (QED) is 0.323. The van der Waals surface area contributed by atoms with Crippen LogP contribution in [0.2, 0.25) is 0 Å². The molecule has 6 heteroatoms. The van der Waals surface area contributed by atoms with Crippen LogP contribution in [0.5, 0.6) is 5.75 Å². The molecule has 2 aromatic heterocycles. The molecule has 3 aromatic rings. The minimum atomic E-state index is 0.672. The number of rotatable bonds is 10. The van der Waals surface area contributed by atoms with Crippen molar-refractivity contribution in [3.63, 3.8) is 0 Å². The Hall–Kier alpha value is -3.41. The third-order valence-electron chi connectivity index (χ3n) is 5.13. The Labute approximate surface area is 204 Å². The van der Waals surface area contributed by atoms with Gasteiger partial charge in [-0.3, -0.25) is 0 Å². The van der Waals surface area contributed by atoms with E-state index in [0.29, 0.717) is 12.3 Å². The van der Waals surface area contributed by atoms with Crippen molar-refractivity contribution in [1.29, 1.82) is 0 Å². The summed E-state index contributed by atoms with van der Waals surface area (Å²) in [4.78, 5) is 8.98. The van der Waals surface area contributed by atoms with Crippen molar-refractivity contribution in [2.75, 3.05) is 19.0 Å². The van der Waals surface area contributed by atoms with E-state index in [1.807, 2.05) is 50.0 Å². The fraction of sp³-hybridized carbons (Fsp3) is 0.393. The number of anilines is 1. The van der Waals surface area contributed by atoms with Crippen molar-refractivity contribution >= 4 is 16.7 Å². The van der Waals surface area contributed by atoms with Crippen molar-refractivity contribution in [2.45, 2.75) is 60.8 Å². The second-order valence-corrected chi connectivity index (χ2v) is 7.84. The number of nitrogens with zero attached hydrogens (tertiary/aromatic N) is 4. The maximum absolute atomic E-state index is 5.62. The van der Waals surface area contributed by atoms with Gasteiger partial charge in [0.05, 0.1) is 19.0 Å². The number of fused-ring (bicyclic) bond motifs is 1. The maximum atomic E-state index is 5.62. The summed E-state index contributed by atoms with van der Waals surface area (Å²) in [5.74, 6) is 1.46. The summed E-state index contributed by atoms with van der Waals surface area (Å²) in [5.41, 5.74) is 5.27. The van der Waals surface area contributed by atoms with Crippen molar-refractivity contribution in [3.8, 4) is 11.4 Å². The van der Waals surface area contributed by atoms with Crippen LogP contribution >= 0.6 is 0 Å². The molecule has 3 rings (SSSR count). The van der Waals surface area contributed by atoms with Gasteiger partial charge in [-0.05, 0) is 43.9 Å². The lowest BCUT2D eigenvalue weighted by Gasteiger charge is -2.13. The van der Waals surface area contributed by atoms with E-state index in [1.165, 1.54) is 11.1 Å². The summed E-state index contributed by atoms with van der Waals surface area (Å²) in [6, 6.07) is 3.99. The summed E-state index contributed by atoms with van der Waals surface area (Å²) in [5, 5.41) is 8.83. The largest absolute Gasteiger partial charge is 0.494 e. The number of benzene rings is 1. The molecule has 0 aliphatic rings. The van der Waals surface area contributed by atoms with Crippen molar-refractivity contribution in [1.82, 2.24) is 19.7 Å². The van der Waals surface area contributed by atoms with Gasteiger partial charge in [0.25, 0.3) is 0 Å². The van der Waals surface area contributed by atoms with Gasteiger partial charge in [0, 0.05) is 24.2 Å². The first-order chi connectivity index (χ1) is 16.5. The van der Waals surface area contributed by atoms with E-state index in [4.69, 9.17) is 4.74 Å². The average Bonchev–Trinajstić information content (AvgIpc) is 3.31. The standard InChI is InChI=1S/C26H33N5O.C2H6/c1-6-8-10-19(3)11-12-21(9-7-2)16-27-26-23-13-22(31-17-20(4)15-30-31)14-24(32-5)25(23)28-18-29-26;1-2/h9-15,17-18H,6-8,16H2,1-5H3,(H,27,28,29);1-2H3/b12-11-,19-10+,21-9-;. The van der Waals surface area contributed by atoms with Crippen molar-refractivity contribution in [3.05, 3.63) is 71.9 Å². The molecule has 0 atom stereocenters. The summed E-state index contributed by atoms with van der Waals surface area (Å²) < 4.78 is 7.46. The van der Waals surface area contributed by atoms with Gasteiger partial charge in [-0.1, -0.05) is 64.0 Å². The SMILES string of the molecule is CC.CC/C=C(/C=C\C(C)=C\CCC)CNc1ncnc2c(OC)cc(-n3cc(C)cn3)cc12. The van der Waals surface area contributed by atoms with E-state index in [2.05, 4.69) is 65.5 Å². The lowest BCUT2D eigenvalue weighted by atomic mass is 10.1. The molecule has 6 nitrogen and oxygen atoms in total. The number of methoxy groups -OCH3 is 1. The van der Waals surface area contributed by atoms with Gasteiger partial charge in [-0.25, -0.2) is 14.6 Å². The topological polar surface area (TPSA) is 64.9 Å². The van der Waals surface area contributed by atoms with Crippen LogP contribution in [0.15, 0.2) is 66.3 Å². The molecule has 0 saturated carbocycles. The molecule has 1 aromatic carbocycles. The van der Waals surface area contributed by atoms with E-state index in [1.54, 1.807) is 13.4 Å². The van der Waals surface area contributed by atoms with Crippen LogP contribution in [0.3, 0.4) is 0 Å². The van der Waals surface area contributed by atoms with E-state index < -0.39 is 0 Å². The molecule has 0 fully saturated rings. The monoisotopic (exact) mass is 461 g/mol. The minimum absolute atomic E-state index is 0.672. The highest BCUT2D eigenvalue weighted by Crippen LogP contribution is 2.31. The Morgan fingerprint density at radius 2 is 1.91 bits per heavy atom. The van der Waals surface area contributed by atoms with Crippen LogP contribution < -0.4 is 10.1 Å². The number of ether oxygens (including phenoxy) is 1. The molecular formula is C28H39N5O. The Bertz CT molecular complexity index is 1140. The predicted octanol–water partition coefficient (Wildman–Crippen LogP) is 7.21. The van der Waals surface area contributed by atoms with Crippen LogP contribution in [0.4, 0.5) is 5.82 Å². The van der Waals surface area contributed by atoms with E-state index in [9.17, 15) is 0 Å². The second-order valence-electron chi connectivity index (χ2n) is 7.84. The Morgan fingerprint density at radius 1 is 1.12 bits per heavy atom. The van der Waals surface area contributed by atoms with E-state index >= 15 is 0 Å². The van der Waals surface area contributed by atoms with Crippen LogP contribution in [0, 0.1) is 6.92 Å². The zero-order chi connectivity index (χ0) is 24.9. The van der Waals surface area contributed by atoms with Gasteiger partial charge in [0.1, 0.15) is 23.4 Å². The highest BCUT2D eigenvalue weighted by molar-refractivity contribution is 5.94. The van der Waals surface area contributed by atoms with Crippen LogP contribution in [0.1, 0.15) is 59.4 Å². The third-order valence-corrected chi connectivity index (χ3v) is 5.13. The van der Waals surface area contributed by atoms with Crippen LogP contribution in [-0.2, 0) is 0 Å². The third kappa shape index (κ3) is 7.30. The Morgan fingerprint density at radius 3 is 2.56 bits per heavy atom. The molecule has 2 heterocycles. The number of hydrogen-bond donors (Lipinski definition) is 1. The molecule has 0 unspecified atom stereocenters. The van der Waals surface area contributed by atoms with Gasteiger partial charge in [-0.2, -0.15) is 5.10 Å². The fourth-order valence-corrected chi connectivity index (χ4v) is 3.43. The van der Waals surface area contributed by atoms with Crippen LogP contribution in [-0.4, -0.2) is 33.4 Å². The predicted molar refractivity (Wildman–Crippen MR) is 144 cm³/mol. The number of allylic oxidation sites excluding steroid dienone is 4. The van der Waals surface area contributed by atoms with Gasteiger partial charge in [0.2, 0.25) is 0 Å². The molecule has 0 radical (unpaired) electrons. The zero-order valence-electron chi connectivity index (χ0n) is 21.7. The van der Waals surface area contributed by atoms with E-state index in [0.717, 1.165) is 47.2 Å². The van der Waals surface area contributed by atoms with Crippen LogP contribution in [0.25, 0.3) is 16.6 Å². The highest BCUT2D eigenvalue weighted by atomic mass is 16.5. The number of aryl methyl sites for hydroxylation is 1. The molecule has 0 bridgehead atoms. The van der Waals surface area contributed by atoms with Crippen molar-refractivity contribution < 1.29 is 4.74 Å². The number of aromatic nitrogens is 4. The van der Waals surface area contributed by atoms with Gasteiger partial charge in [-0.15, -0.1) is 0 Å². The smallest absolute Gasteiger partial charge is 0.147 e. The van der Waals surface area contributed by atoms with E-state index in [-0.39, 0.29) is 0 Å². The number of unbranched alkanes of at least 4 members (excludes halogenated alkanes) is 1. The highest BCUT2D eigenvalue weighted by Gasteiger charge is 2.12.